The predicted molar refractivity (Wildman–Crippen MR) is 126 cm³/mol. The number of nitrogens with zero attached hydrogens (tertiary/aromatic N) is 3. The summed E-state index contributed by atoms with van der Waals surface area (Å²) >= 11 is 0. The Hall–Kier alpha value is -3.69. The molecule has 3 aromatic rings. The lowest BCUT2D eigenvalue weighted by Crippen LogP contribution is -2.32. The molecule has 0 amide bonds. The van der Waals surface area contributed by atoms with Crippen LogP contribution in [0.1, 0.15) is 34.3 Å². The third-order valence-corrected chi connectivity index (χ3v) is 5.98. The number of benzene rings is 2. The fourth-order valence-electron chi connectivity index (χ4n) is 3.97. The Morgan fingerprint density at radius 2 is 1.73 bits per heavy atom. The molecule has 6 heteroatoms. The second kappa shape index (κ2) is 10.8. The largest absolute Gasteiger partial charge is 0.489 e. The molecule has 1 aliphatic rings. The van der Waals surface area contributed by atoms with E-state index in [-0.39, 0.29) is 23.8 Å². The van der Waals surface area contributed by atoms with Crippen molar-refractivity contribution in [2.75, 3.05) is 13.1 Å². The Bertz CT molecular complexity index is 1170. The van der Waals surface area contributed by atoms with E-state index in [4.69, 9.17) is 10.00 Å². The number of ether oxygens (including phenoxy) is 1. The molecule has 0 aliphatic carbocycles. The number of hydrogen-bond donors (Lipinski definition) is 0. The average molecular weight is 442 g/mol. The van der Waals surface area contributed by atoms with Crippen molar-refractivity contribution < 1.29 is 9.53 Å². The third kappa shape index (κ3) is 6.18. The van der Waals surface area contributed by atoms with Crippen LogP contribution in [0.2, 0.25) is 0 Å². The van der Waals surface area contributed by atoms with Crippen LogP contribution in [-0.4, -0.2) is 28.3 Å². The van der Waals surface area contributed by atoms with Gasteiger partial charge in [0.25, 0.3) is 5.56 Å². The van der Waals surface area contributed by atoms with E-state index in [0.29, 0.717) is 17.9 Å². The quantitative estimate of drug-likeness (QED) is 0.493. The van der Waals surface area contributed by atoms with Crippen LogP contribution in [-0.2, 0) is 19.7 Å². The zero-order chi connectivity index (χ0) is 23.0. The molecule has 0 atom stereocenters. The molecule has 1 saturated heterocycles. The minimum Gasteiger partial charge on any atom is -0.489 e. The second-order valence-electron chi connectivity index (χ2n) is 8.40. The first kappa shape index (κ1) is 22.5. The number of carbonyl (C=O) groups excluding carboxylic acids is 1. The first-order valence-corrected chi connectivity index (χ1v) is 11.2. The van der Waals surface area contributed by atoms with E-state index >= 15 is 0 Å². The molecule has 0 N–H and O–H groups in total. The summed E-state index contributed by atoms with van der Waals surface area (Å²) in [5.74, 6) is 0.543. The second-order valence-corrected chi connectivity index (χ2v) is 8.40. The van der Waals surface area contributed by atoms with Crippen molar-refractivity contribution in [1.82, 2.24) is 9.47 Å². The number of ketones is 1. The van der Waals surface area contributed by atoms with Gasteiger partial charge in [-0.3, -0.25) is 14.5 Å². The smallest absolute Gasteiger partial charge is 0.254 e. The van der Waals surface area contributed by atoms with Gasteiger partial charge in [-0.1, -0.05) is 54.6 Å². The van der Waals surface area contributed by atoms with Gasteiger partial charge in [-0.05, 0) is 43.1 Å². The minimum absolute atomic E-state index is 0.0151. The van der Waals surface area contributed by atoms with E-state index in [0.717, 1.165) is 43.6 Å². The van der Waals surface area contributed by atoms with Gasteiger partial charge in [0.2, 0.25) is 0 Å². The molecular formula is C27H27N3O3. The summed E-state index contributed by atoms with van der Waals surface area (Å²) in [6.07, 6.45) is 3.43. The maximum Gasteiger partial charge on any atom is 0.254 e. The molecule has 1 fully saturated rings. The maximum atomic E-state index is 12.7. The number of Topliss-reactive ketones (excluding diaryl/α,β-unsaturated/α-hetero) is 1. The van der Waals surface area contributed by atoms with Gasteiger partial charge in [-0.25, -0.2) is 0 Å². The van der Waals surface area contributed by atoms with Gasteiger partial charge in [0.05, 0.1) is 12.6 Å². The Balaban J connectivity index is 1.31. The average Bonchev–Trinajstić information content (AvgIpc) is 2.86. The van der Waals surface area contributed by atoms with Crippen molar-refractivity contribution in [2.45, 2.75) is 32.5 Å². The highest BCUT2D eigenvalue weighted by atomic mass is 16.5. The van der Waals surface area contributed by atoms with Crippen LogP contribution in [0.25, 0.3) is 0 Å². The molecule has 4 rings (SSSR count). The molecule has 0 spiro atoms. The molecule has 1 aliphatic heterocycles. The van der Waals surface area contributed by atoms with E-state index in [1.807, 2.05) is 54.6 Å². The Kier molecular flexibility index (Phi) is 7.33. The number of aromatic nitrogens is 1. The molecule has 0 unspecified atom stereocenters. The van der Waals surface area contributed by atoms with Crippen LogP contribution in [0.3, 0.4) is 0 Å². The van der Waals surface area contributed by atoms with Crippen LogP contribution < -0.4 is 10.3 Å². The van der Waals surface area contributed by atoms with Crippen LogP contribution in [0.15, 0.2) is 77.7 Å². The molecule has 0 saturated carbocycles. The Labute approximate surface area is 193 Å². The van der Waals surface area contributed by atoms with Crippen LogP contribution in [0.4, 0.5) is 0 Å². The van der Waals surface area contributed by atoms with Crippen molar-refractivity contribution in [1.29, 1.82) is 5.26 Å². The fraction of sp³-hybridized carbons (Fsp3) is 0.296. The van der Waals surface area contributed by atoms with E-state index in [1.54, 1.807) is 12.3 Å². The predicted octanol–water partition coefficient (Wildman–Crippen LogP) is 4.05. The number of likely N-dealkylation sites (tertiary alicyclic amines) is 1. The summed E-state index contributed by atoms with van der Waals surface area (Å²) in [5, 5.41) is 9.03. The first-order chi connectivity index (χ1) is 16.1. The number of nitriles is 1. The number of rotatable bonds is 8. The summed E-state index contributed by atoms with van der Waals surface area (Å²) in [6.45, 7) is 3.03. The summed E-state index contributed by atoms with van der Waals surface area (Å²) in [5.41, 5.74) is 2.47. The van der Waals surface area contributed by atoms with Crippen LogP contribution in [0, 0.1) is 17.2 Å². The highest BCUT2D eigenvalue weighted by Gasteiger charge is 2.18. The Morgan fingerprint density at radius 3 is 2.39 bits per heavy atom. The molecule has 0 bridgehead atoms. The van der Waals surface area contributed by atoms with Crippen molar-refractivity contribution >= 4 is 5.78 Å². The molecule has 2 aromatic carbocycles. The van der Waals surface area contributed by atoms with Crippen molar-refractivity contribution in [3.63, 3.8) is 0 Å². The lowest BCUT2D eigenvalue weighted by molar-refractivity contribution is 0.0970. The van der Waals surface area contributed by atoms with Crippen LogP contribution in [0.5, 0.6) is 5.75 Å². The topological polar surface area (TPSA) is 75.3 Å². The summed E-state index contributed by atoms with van der Waals surface area (Å²) in [6, 6.07) is 22.8. The molecular weight excluding hydrogens is 414 g/mol. The monoisotopic (exact) mass is 441 g/mol. The van der Waals surface area contributed by atoms with E-state index in [2.05, 4.69) is 11.0 Å². The van der Waals surface area contributed by atoms with E-state index < -0.39 is 0 Å². The van der Waals surface area contributed by atoms with Crippen molar-refractivity contribution in [3.8, 4) is 11.8 Å². The summed E-state index contributed by atoms with van der Waals surface area (Å²) < 4.78 is 7.08. The number of pyridine rings is 1. The van der Waals surface area contributed by atoms with Crippen molar-refractivity contribution in [3.05, 3.63) is 100.0 Å². The van der Waals surface area contributed by atoms with Crippen molar-refractivity contribution in [2.24, 2.45) is 5.92 Å². The van der Waals surface area contributed by atoms with Gasteiger partial charge in [0.15, 0.2) is 5.78 Å². The molecule has 2 heterocycles. The highest BCUT2D eigenvalue weighted by molar-refractivity contribution is 5.95. The summed E-state index contributed by atoms with van der Waals surface area (Å²) in [7, 11) is 0. The van der Waals surface area contributed by atoms with Crippen LogP contribution >= 0.6 is 0 Å². The number of hydrogen-bond acceptors (Lipinski definition) is 5. The first-order valence-electron chi connectivity index (χ1n) is 11.2. The van der Waals surface area contributed by atoms with E-state index in [1.165, 1.54) is 10.6 Å². The van der Waals surface area contributed by atoms with Gasteiger partial charge in [0.1, 0.15) is 12.4 Å². The van der Waals surface area contributed by atoms with Gasteiger partial charge in [-0.2, -0.15) is 5.26 Å². The normalized spacial score (nSPS) is 14.5. The highest BCUT2D eigenvalue weighted by Crippen LogP contribution is 2.18. The third-order valence-electron chi connectivity index (χ3n) is 5.98. The molecule has 6 nitrogen and oxygen atoms in total. The lowest BCUT2D eigenvalue weighted by Gasteiger charge is -2.29. The van der Waals surface area contributed by atoms with Gasteiger partial charge < -0.3 is 9.30 Å². The Morgan fingerprint density at radius 1 is 1.00 bits per heavy atom. The molecule has 1 aromatic heterocycles. The van der Waals surface area contributed by atoms with Gasteiger partial charge in [0, 0.05) is 30.3 Å². The SMILES string of the molecule is N#CC1CCN(Cc2ccc(C(=O)Cn3ccc(OCc4ccccc4)cc3=O)cc2)CC1. The molecule has 0 radical (unpaired) electrons. The molecule has 33 heavy (non-hydrogen) atoms. The van der Waals surface area contributed by atoms with Gasteiger partial charge in [-0.15, -0.1) is 0 Å². The minimum atomic E-state index is -0.272. The van der Waals surface area contributed by atoms with Gasteiger partial charge >= 0.3 is 0 Å². The van der Waals surface area contributed by atoms with E-state index in [9.17, 15) is 9.59 Å². The molecule has 168 valence electrons. The number of carbonyl (C=O) groups is 1. The zero-order valence-corrected chi connectivity index (χ0v) is 18.5. The standard InChI is InChI=1S/C27H27N3O3/c28-17-21-10-13-29(14-11-21)18-22-6-8-24(9-7-22)26(31)19-30-15-12-25(16-27(30)32)33-20-23-4-2-1-3-5-23/h1-9,12,15-16,21H,10-11,13-14,18-20H2. The number of piperidine rings is 1. The zero-order valence-electron chi connectivity index (χ0n) is 18.5. The lowest BCUT2D eigenvalue weighted by atomic mass is 9.98. The fourth-order valence-corrected chi connectivity index (χ4v) is 3.97. The summed E-state index contributed by atoms with van der Waals surface area (Å²) in [4.78, 5) is 27.5. The maximum absolute atomic E-state index is 12.7.